The second-order valence-electron chi connectivity index (χ2n) is 2.30. The zero-order valence-electron chi connectivity index (χ0n) is 6.68. The number of hydrogen-bond donors (Lipinski definition) is 0. The van der Waals surface area contributed by atoms with Crippen molar-refractivity contribution in [3.05, 3.63) is 0 Å². The molecule has 0 radical (unpaired) electrons. The summed E-state index contributed by atoms with van der Waals surface area (Å²) in [7, 11) is 0. The molecule has 12 heavy (non-hydrogen) atoms. The molecule has 0 fully saturated rings. The summed E-state index contributed by atoms with van der Waals surface area (Å²) in [6, 6.07) is 0. The molecule has 0 saturated carbocycles. The Morgan fingerprint density at radius 3 is 2.08 bits per heavy atom. The van der Waals surface area contributed by atoms with E-state index in [1.54, 1.807) is 0 Å². The highest BCUT2D eigenvalue weighted by Gasteiger charge is 2.14. The van der Waals surface area contributed by atoms with Gasteiger partial charge in [-0.1, -0.05) is 6.92 Å². The van der Waals surface area contributed by atoms with E-state index in [1.807, 2.05) is 6.92 Å². The van der Waals surface area contributed by atoms with Crippen molar-refractivity contribution >= 4 is 46.1 Å². The van der Waals surface area contributed by atoms with Crippen molar-refractivity contribution < 1.29 is 9.59 Å². The molecule has 0 aromatic rings. The van der Waals surface area contributed by atoms with Crippen molar-refractivity contribution in [1.82, 2.24) is 0 Å². The van der Waals surface area contributed by atoms with Gasteiger partial charge < -0.3 is 0 Å². The first-order valence-corrected chi connectivity index (χ1v) is 4.21. The summed E-state index contributed by atoms with van der Waals surface area (Å²) in [4.78, 5) is 20.9. The van der Waals surface area contributed by atoms with Crippen molar-refractivity contribution in [2.45, 2.75) is 26.2 Å². The van der Waals surface area contributed by atoms with Crippen LogP contribution in [-0.2, 0) is 9.59 Å². The van der Waals surface area contributed by atoms with Crippen LogP contribution >= 0.6 is 35.6 Å². The number of hydrogen-bond acceptors (Lipinski definition) is 2. The van der Waals surface area contributed by atoms with Crippen molar-refractivity contribution in [2.24, 2.45) is 5.92 Å². The van der Waals surface area contributed by atoms with Crippen molar-refractivity contribution in [2.75, 3.05) is 0 Å². The molecular weight excluding hydrogens is 222 g/mol. The number of rotatable bonds is 5. The van der Waals surface area contributed by atoms with Gasteiger partial charge in [-0.15, -0.1) is 12.4 Å². The first-order valence-electron chi connectivity index (χ1n) is 3.45. The van der Waals surface area contributed by atoms with E-state index in [2.05, 4.69) is 0 Å². The number of carbonyl (C=O) groups excluding carboxylic acids is 2. The van der Waals surface area contributed by atoms with E-state index < -0.39 is 5.24 Å². The minimum Gasteiger partial charge on any atom is -0.281 e. The molecule has 0 aromatic carbocycles. The van der Waals surface area contributed by atoms with Crippen LogP contribution in [0.25, 0.3) is 0 Å². The van der Waals surface area contributed by atoms with Crippen molar-refractivity contribution in [3.63, 3.8) is 0 Å². The van der Waals surface area contributed by atoms with Crippen LogP contribution in [0, 0.1) is 5.92 Å². The summed E-state index contributed by atoms with van der Waals surface area (Å²) in [5.41, 5.74) is 0. The SMILES string of the molecule is CCC(CCC(=O)Cl)C(=O)Cl.Cl. The van der Waals surface area contributed by atoms with Gasteiger partial charge in [-0.05, 0) is 36.0 Å². The predicted octanol–water partition coefficient (Wildman–Crippen LogP) is 2.75. The maximum atomic E-state index is 10.6. The van der Waals surface area contributed by atoms with Crippen LogP contribution in [-0.4, -0.2) is 10.5 Å². The molecule has 0 aliphatic carbocycles. The summed E-state index contributed by atoms with van der Waals surface area (Å²) in [5, 5.41) is -0.799. The van der Waals surface area contributed by atoms with Crippen LogP contribution in [0.1, 0.15) is 26.2 Å². The van der Waals surface area contributed by atoms with E-state index in [0.717, 1.165) is 0 Å². The lowest BCUT2D eigenvalue weighted by Crippen LogP contribution is -2.08. The number of carbonyl (C=O) groups is 2. The first kappa shape index (κ1) is 14.7. The van der Waals surface area contributed by atoms with Crippen LogP contribution < -0.4 is 0 Å². The van der Waals surface area contributed by atoms with E-state index in [0.29, 0.717) is 12.8 Å². The number of halogens is 3. The van der Waals surface area contributed by atoms with Crippen LogP contribution in [0.4, 0.5) is 0 Å². The largest absolute Gasteiger partial charge is 0.281 e. The molecule has 0 aliphatic rings. The zero-order chi connectivity index (χ0) is 8.85. The molecule has 0 heterocycles. The Hall–Kier alpha value is 0.210. The second-order valence-corrected chi connectivity index (χ2v) is 3.10. The minimum absolute atomic E-state index is 0. The van der Waals surface area contributed by atoms with Gasteiger partial charge in [0.05, 0.1) is 0 Å². The molecule has 0 amide bonds. The molecule has 0 bridgehead atoms. The normalized spacial score (nSPS) is 11.6. The van der Waals surface area contributed by atoms with Crippen LogP contribution in [0.2, 0.25) is 0 Å². The van der Waals surface area contributed by atoms with E-state index >= 15 is 0 Å². The molecular formula is C7H11Cl3O2. The third kappa shape index (κ3) is 6.89. The minimum atomic E-state index is -0.415. The standard InChI is InChI=1S/C7H10Cl2O2.ClH/c1-2-5(7(9)11)3-4-6(8)10;/h5H,2-4H2,1H3;1H. The lowest BCUT2D eigenvalue weighted by Gasteiger charge is -2.06. The molecule has 0 aromatic heterocycles. The average molecular weight is 234 g/mol. The molecule has 1 atom stereocenters. The average Bonchev–Trinajstić information content (AvgIpc) is 1.87. The van der Waals surface area contributed by atoms with Crippen LogP contribution in [0.15, 0.2) is 0 Å². The summed E-state index contributed by atoms with van der Waals surface area (Å²) in [6.45, 7) is 1.85. The van der Waals surface area contributed by atoms with E-state index in [1.165, 1.54) is 0 Å². The Morgan fingerprint density at radius 1 is 1.33 bits per heavy atom. The molecule has 72 valence electrons. The van der Waals surface area contributed by atoms with Crippen LogP contribution in [0.5, 0.6) is 0 Å². The Morgan fingerprint density at radius 2 is 1.83 bits per heavy atom. The molecule has 0 N–H and O–H groups in total. The maximum absolute atomic E-state index is 10.6. The van der Waals surface area contributed by atoms with Gasteiger partial charge in [-0.25, -0.2) is 0 Å². The van der Waals surface area contributed by atoms with E-state index in [4.69, 9.17) is 23.2 Å². The topological polar surface area (TPSA) is 34.1 Å². The highest BCUT2D eigenvalue weighted by molar-refractivity contribution is 6.64. The fourth-order valence-electron chi connectivity index (χ4n) is 0.766. The van der Waals surface area contributed by atoms with Gasteiger partial charge in [0.1, 0.15) is 0 Å². The smallest absolute Gasteiger partial charge is 0.224 e. The lowest BCUT2D eigenvalue weighted by atomic mass is 10.0. The monoisotopic (exact) mass is 232 g/mol. The second kappa shape index (κ2) is 7.84. The fraction of sp³-hybridized carbons (Fsp3) is 0.714. The molecule has 1 unspecified atom stereocenters. The molecule has 0 aliphatic heterocycles. The third-order valence-electron chi connectivity index (χ3n) is 1.50. The maximum Gasteiger partial charge on any atom is 0.224 e. The highest BCUT2D eigenvalue weighted by Crippen LogP contribution is 2.14. The van der Waals surface area contributed by atoms with Crippen LogP contribution in [0.3, 0.4) is 0 Å². The lowest BCUT2D eigenvalue weighted by molar-refractivity contribution is -0.116. The van der Waals surface area contributed by atoms with Gasteiger partial charge in [0.25, 0.3) is 0 Å². The summed E-state index contributed by atoms with van der Waals surface area (Å²) < 4.78 is 0. The van der Waals surface area contributed by atoms with Gasteiger partial charge in [0, 0.05) is 12.3 Å². The summed E-state index contributed by atoms with van der Waals surface area (Å²) in [5.74, 6) is -0.223. The quantitative estimate of drug-likeness (QED) is 0.684. The predicted molar refractivity (Wildman–Crippen MR) is 52.0 cm³/mol. The molecule has 2 nitrogen and oxygen atoms in total. The van der Waals surface area contributed by atoms with Crippen molar-refractivity contribution in [3.8, 4) is 0 Å². The molecule has 0 rings (SSSR count). The first-order chi connectivity index (χ1) is 5.07. The Kier molecular flexibility index (Phi) is 9.61. The third-order valence-corrected chi connectivity index (χ3v) is 2.00. The summed E-state index contributed by atoms with van der Waals surface area (Å²) in [6.07, 6.45) is 1.34. The molecule has 0 saturated heterocycles. The van der Waals surface area contributed by atoms with Gasteiger partial charge in [-0.3, -0.25) is 9.59 Å². The van der Waals surface area contributed by atoms with Gasteiger partial charge >= 0.3 is 0 Å². The summed E-state index contributed by atoms with van der Waals surface area (Å²) >= 11 is 10.3. The Labute approximate surface area is 88.0 Å². The highest BCUT2D eigenvalue weighted by atomic mass is 35.5. The Bertz CT molecular complexity index is 159. The van der Waals surface area contributed by atoms with Gasteiger partial charge in [-0.2, -0.15) is 0 Å². The van der Waals surface area contributed by atoms with Gasteiger partial charge in [0.15, 0.2) is 0 Å². The molecule has 5 heteroatoms. The Balaban J connectivity index is 0. The van der Waals surface area contributed by atoms with E-state index in [9.17, 15) is 9.59 Å². The fourth-order valence-corrected chi connectivity index (χ4v) is 1.14. The van der Waals surface area contributed by atoms with Gasteiger partial charge in [0.2, 0.25) is 10.5 Å². The van der Waals surface area contributed by atoms with Crippen molar-refractivity contribution in [1.29, 1.82) is 0 Å². The van der Waals surface area contributed by atoms with E-state index in [-0.39, 0.29) is 30.0 Å². The zero-order valence-corrected chi connectivity index (χ0v) is 9.01. The molecule has 0 spiro atoms.